The zero-order chi connectivity index (χ0) is 40.6. The summed E-state index contributed by atoms with van der Waals surface area (Å²) in [6.45, 7) is 5.33. The quantitative estimate of drug-likeness (QED) is 0.102. The highest BCUT2D eigenvalue weighted by Crippen LogP contribution is 2.46. The van der Waals surface area contributed by atoms with Crippen LogP contribution in [0.25, 0.3) is 0 Å². The second-order valence-electron chi connectivity index (χ2n) is 15.5. The number of carbonyl (C=O) groups is 4. The summed E-state index contributed by atoms with van der Waals surface area (Å²) in [4.78, 5) is 60.1. The van der Waals surface area contributed by atoms with Crippen molar-refractivity contribution in [3.05, 3.63) is 179 Å². The van der Waals surface area contributed by atoms with E-state index >= 15 is 0 Å². The largest absolute Gasteiger partial charge is 0.453 e. The van der Waals surface area contributed by atoms with E-state index in [0.29, 0.717) is 0 Å². The van der Waals surface area contributed by atoms with Crippen molar-refractivity contribution >= 4 is 24.1 Å². The van der Waals surface area contributed by atoms with Gasteiger partial charge >= 0.3 is 24.1 Å². The Hall–Kier alpha value is -6.42. The third-order valence-corrected chi connectivity index (χ3v) is 10.4. The van der Waals surface area contributed by atoms with Crippen molar-refractivity contribution in [1.82, 2.24) is 9.80 Å². The van der Waals surface area contributed by atoms with Crippen LogP contribution in [0.5, 0.6) is 0 Å². The fourth-order valence-corrected chi connectivity index (χ4v) is 7.81. The van der Waals surface area contributed by atoms with E-state index in [1.54, 1.807) is 20.8 Å². The van der Waals surface area contributed by atoms with Gasteiger partial charge in [-0.3, -0.25) is 9.80 Å². The predicted octanol–water partition coefficient (Wildman–Crippen LogP) is 9.85. The van der Waals surface area contributed by atoms with Crippen LogP contribution in [0.3, 0.4) is 0 Å². The van der Waals surface area contributed by atoms with E-state index in [1.165, 1.54) is 9.80 Å². The van der Waals surface area contributed by atoms with Crippen LogP contribution in [0.1, 0.15) is 92.1 Å². The summed E-state index contributed by atoms with van der Waals surface area (Å²) < 4.78 is 24.4. The molecule has 2 saturated heterocycles. The Morgan fingerprint density at radius 3 is 1.29 bits per heavy atom. The maximum atomic E-state index is 14.4. The summed E-state index contributed by atoms with van der Waals surface area (Å²) in [7, 11) is 0. The van der Waals surface area contributed by atoms with Crippen molar-refractivity contribution in [3.8, 4) is 0 Å². The van der Waals surface area contributed by atoms with E-state index in [1.807, 2.05) is 152 Å². The number of esters is 2. The molecule has 0 bridgehead atoms. The van der Waals surface area contributed by atoms with Crippen molar-refractivity contribution < 1.29 is 38.1 Å². The molecule has 2 aliphatic rings. The van der Waals surface area contributed by atoms with Crippen molar-refractivity contribution in [2.75, 3.05) is 0 Å². The van der Waals surface area contributed by atoms with Crippen LogP contribution in [0.15, 0.2) is 152 Å². The molecule has 7 rings (SSSR count). The molecule has 10 nitrogen and oxygen atoms in total. The van der Waals surface area contributed by atoms with E-state index in [0.717, 1.165) is 27.8 Å². The molecular weight excluding hydrogens is 733 g/mol. The molecule has 0 spiro atoms. The highest BCUT2D eigenvalue weighted by atomic mass is 16.6. The Balaban J connectivity index is 1.22. The number of cyclic esters (lactones) is 2. The molecule has 0 aliphatic carbocycles. The van der Waals surface area contributed by atoms with Gasteiger partial charge in [0.05, 0.1) is 0 Å². The average molecular weight is 781 g/mol. The molecule has 298 valence electrons. The third kappa shape index (κ3) is 9.07. The molecule has 0 saturated carbocycles. The molecule has 0 radical (unpaired) electrons. The van der Waals surface area contributed by atoms with Gasteiger partial charge in [-0.15, -0.1) is 0 Å². The lowest BCUT2D eigenvalue weighted by Crippen LogP contribution is -2.56. The minimum absolute atomic E-state index is 0.00231. The molecule has 2 fully saturated rings. The Labute approximate surface area is 339 Å². The van der Waals surface area contributed by atoms with Gasteiger partial charge in [-0.2, -0.15) is 0 Å². The number of hydrogen-bond acceptors (Lipinski definition) is 8. The maximum Gasteiger partial charge on any atom is 0.411 e. The number of nitrogens with zero attached hydrogens (tertiary/aromatic N) is 2. The SMILES string of the molecule is CC(C)(C)OC(=O)N1[C@@H](CCC[C@@H]2C(=O)O[C@@H](c3ccccc3)[C@@H](c3ccccc3)N2C(=O)OCc2ccccc2)C(=O)O[C@H](c2ccccc2)[C@@H]1c1ccccc1. The maximum absolute atomic E-state index is 14.4. The number of amides is 2. The van der Waals surface area contributed by atoms with Gasteiger partial charge < -0.3 is 18.9 Å². The first-order valence-corrected chi connectivity index (χ1v) is 19.7. The van der Waals surface area contributed by atoms with E-state index in [4.69, 9.17) is 18.9 Å². The fraction of sp³-hybridized carbons (Fsp3) is 0.292. The summed E-state index contributed by atoms with van der Waals surface area (Å²) in [6.07, 6.45) is -2.54. The second kappa shape index (κ2) is 17.8. The predicted molar refractivity (Wildman–Crippen MR) is 217 cm³/mol. The van der Waals surface area contributed by atoms with Crippen molar-refractivity contribution in [1.29, 1.82) is 0 Å². The Morgan fingerprint density at radius 1 is 0.534 bits per heavy atom. The third-order valence-electron chi connectivity index (χ3n) is 10.4. The molecule has 10 heteroatoms. The lowest BCUT2D eigenvalue weighted by Gasteiger charge is -2.46. The molecular formula is C48H48N2O8. The number of rotatable bonds is 10. The van der Waals surface area contributed by atoms with Crippen LogP contribution in [0.4, 0.5) is 9.59 Å². The summed E-state index contributed by atoms with van der Waals surface area (Å²) in [5.74, 6) is -1.19. The molecule has 2 heterocycles. The number of carbonyl (C=O) groups excluding carboxylic acids is 4. The molecule has 0 unspecified atom stereocenters. The van der Waals surface area contributed by atoms with Crippen molar-refractivity contribution in [2.24, 2.45) is 0 Å². The van der Waals surface area contributed by atoms with Crippen LogP contribution in [-0.4, -0.2) is 51.6 Å². The lowest BCUT2D eigenvalue weighted by molar-refractivity contribution is -0.175. The Kier molecular flexibility index (Phi) is 12.2. The van der Waals surface area contributed by atoms with E-state index in [2.05, 4.69) is 0 Å². The smallest absolute Gasteiger partial charge is 0.411 e. The summed E-state index contributed by atoms with van der Waals surface area (Å²) in [5.41, 5.74) is 2.91. The van der Waals surface area contributed by atoms with Gasteiger partial charge in [-0.25, -0.2) is 19.2 Å². The summed E-state index contributed by atoms with van der Waals surface area (Å²) in [5, 5.41) is 0. The normalized spacial score (nSPS) is 22.1. The highest BCUT2D eigenvalue weighted by molar-refractivity contribution is 5.85. The van der Waals surface area contributed by atoms with Crippen LogP contribution in [-0.2, 0) is 35.1 Å². The van der Waals surface area contributed by atoms with Gasteiger partial charge in [0, 0.05) is 0 Å². The zero-order valence-corrected chi connectivity index (χ0v) is 32.9. The Bertz CT molecular complexity index is 2150. The molecule has 5 aromatic carbocycles. The first-order chi connectivity index (χ1) is 28.1. The zero-order valence-electron chi connectivity index (χ0n) is 32.9. The standard InChI is InChI=1S/C48H48N2O8/c1-48(2,3)58-47(54)50-39(45(52)57-43(37-28-17-8-18-29-37)41(50)35-24-13-6-14-25-35)31-19-30-38-44(51)56-42(36-26-15-7-16-27-36)40(34-22-11-5-12-23-34)49(38)46(53)55-32-33-20-9-4-10-21-33/h4-18,20-29,38-43H,19,30-32H2,1-3H3/t38-,39+,40-,41+,42+,43-/m1/s1. The molecule has 6 atom stereocenters. The molecule has 5 aromatic rings. The number of hydrogen-bond donors (Lipinski definition) is 0. The molecule has 0 N–H and O–H groups in total. The molecule has 2 aliphatic heterocycles. The summed E-state index contributed by atoms with van der Waals surface area (Å²) in [6, 6.07) is 43.3. The lowest BCUT2D eigenvalue weighted by atomic mass is 9.89. The van der Waals surface area contributed by atoms with Crippen molar-refractivity contribution in [3.63, 3.8) is 0 Å². The van der Waals surface area contributed by atoms with Gasteiger partial charge in [-0.1, -0.05) is 152 Å². The van der Waals surface area contributed by atoms with Gasteiger partial charge in [0.15, 0.2) is 12.2 Å². The van der Waals surface area contributed by atoms with Crippen LogP contribution in [0, 0.1) is 0 Å². The highest BCUT2D eigenvalue weighted by Gasteiger charge is 2.51. The summed E-state index contributed by atoms with van der Waals surface area (Å²) >= 11 is 0. The van der Waals surface area contributed by atoms with Gasteiger partial charge in [0.25, 0.3) is 0 Å². The minimum Gasteiger partial charge on any atom is -0.453 e. The van der Waals surface area contributed by atoms with Crippen LogP contribution >= 0.6 is 0 Å². The van der Waals surface area contributed by atoms with Gasteiger partial charge in [0.1, 0.15) is 36.4 Å². The van der Waals surface area contributed by atoms with Gasteiger partial charge in [0.2, 0.25) is 0 Å². The average Bonchev–Trinajstić information content (AvgIpc) is 3.24. The molecule has 2 amide bonds. The van der Waals surface area contributed by atoms with Gasteiger partial charge in [-0.05, 0) is 67.9 Å². The number of morpholine rings is 2. The first-order valence-electron chi connectivity index (χ1n) is 19.7. The van der Waals surface area contributed by atoms with E-state index in [9.17, 15) is 19.2 Å². The van der Waals surface area contributed by atoms with Crippen molar-refractivity contribution in [2.45, 2.75) is 88.6 Å². The topological polar surface area (TPSA) is 112 Å². The number of ether oxygens (including phenoxy) is 4. The number of benzene rings is 5. The molecule has 0 aromatic heterocycles. The van der Waals surface area contributed by atoms with Crippen LogP contribution < -0.4 is 0 Å². The fourth-order valence-electron chi connectivity index (χ4n) is 7.81. The minimum atomic E-state index is -1.08. The van der Waals surface area contributed by atoms with Crippen LogP contribution in [0.2, 0.25) is 0 Å². The van der Waals surface area contributed by atoms with E-state index in [-0.39, 0.29) is 25.9 Å². The second-order valence-corrected chi connectivity index (χ2v) is 15.5. The monoisotopic (exact) mass is 780 g/mol. The molecule has 58 heavy (non-hydrogen) atoms. The Morgan fingerprint density at radius 2 is 0.897 bits per heavy atom. The first kappa shape index (κ1) is 39.8. The van der Waals surface area contributed by atoms with E-state index < -0.39 is 66.1 Å².